The van der Waals surface area contributed by atoms with Gasteiger partial charge in [0.2, 0.25) is 15.9 Å². The van der Waals surface area contributed by atoms with E-state index in [4.69, 9.17) is 0 Å². The monoisotopic (exact) mass is 408 g/mol. The molecule has 0 radical (unpaired) electrons. The molecule has 1 amide bonds. The van der Waals surface area contributed by atoms with Crippen molar-refractivity contribution in [3.05, 3.63) is 18.2 Å². The molecule has 28 heavy (non-hydrogen) atoms. The largest absolute Gasteiger partial charge is 0.353 e. The molecule has 1 aliphatic heterocycles. The number of nitrogens with one attached hydrogen (secondary N) is 1. The van der Waals surface area contributed by atoms with Crippen LogP contribution in [0.2, 0.25) is 0 Å². The first kappa shape index (κ1) is 20.7. The van der Waals surface area contributed by atoms with Crippen LogP contribution in [0, 0.1) is 0 Å². The van der Waals surface area contributed by atoms with E-state index >= 15 is 0 Å². The summed E-state index contributed by atoms with van der Waals surface area (Å²) >= 11 is 0. The van der Waals surface area contributed by atoms with Gasteiger partial charge in [-0.25, -0.2) is 13.1 Å². The predicted octanol–water partition coefficient (Wildman–Crippen LogP) is 0.672. The standard InChI is InChI=1S/C18H28N6O3S/c1-4-10-23-16-8-7-14(13-15(16)20-21-23)28(26,27)24-11-5-6-17(24)18(25)19-9-12-22(2)3/h7-8,13,17H,4-6,9-12H2,1-3H3,(H,19,25). The molecule has 0 spiro atoms. The quantitative estimate of drug-likeness (QED) is 0.689. The molecule has 1 atom stereocenters. The van der Waals surface area contributed by atoms with E-state index in [-0.39, 0.29) is 10.8 Å². The highest BCUT2D eigenvalue weighted by Crippen LogP contribution is 2.27. The van der Waals surface area contributed by atoms with Crippen molar-refractivity contribution in [2.45, 2.75) is 43.7 Å². The number of benzene rings is 1. The smallest absolute Gasteiger partial charge is 0.243 e. The predicted molar refractivity (Wildman–Crippen MR) is 106 cm³/mol. The maximum absolute atomic E-state index is 13.2. The van der Waals surface area contributed by atoms with Crippen molar-refractivity contribution in [2.24, 2.45) is 0 Å². The molecule has 1 aliphatic rings. The molecule has 10 heteroatoms. The van der Waals surface area contributed by atoms with Gasteiger partial charge in [-0.2, -0.15) is 4.31 Å². The van der Waals surface area contributed by atoms with Crippen LogP contribution in [0.5, 0.6) is 0 Å². The van der Waals surface area contributed by atoms with E-state index in [9.17, 15) is 13.2 Å². The first-order valence-electron chi connectivity index (χ1n) is 9.62. The molecule has 1 N–H and O–H groups in total. The normalized spacial score (nSPS) is 18.2. The first-order chi connectivity index (χ1) is 13.3. The highest BCUT2D eigenvalue weighted by Gasteiger charge is 2.39. The Morgan fingerprint density at radius 3 is 2.86 bits per heavy atom. The van der Waals surface area contributed by atoms with Crippen molar-refractivity contribution < 1.29 is 13.2 Å². The fourth-order valence-electron chi connectivity index (χ4n) is 3.44. The molecule has 0 aliphatic carbocycles. The van der Waals surface area contributed by atoms with Crippen LogP contribution in [0.4, 0.5) is 0 Å². The summed E-state index contributed by atoms with van der Waals surface area (Å²) in [5.74, 6) is -0.238. The van der Waals surface area contributed by atoms with Crippen LogP contribution in [-0.2, 0) is 21.4 Å². The van der Waals surface area contributed by atoms with Gasteiger partial charge >= 0.3 is 0 Å². The minimum absolute atomic E-state index is 0.150. The Morgan fingerprint density at radius 1 is 1.36 bits per heavy atom. The Balaban J connectivity index is 1.81. The van der Waals surface area contributed by atoms with Crippen LogP contribution in [0.15, 0.2) is 23.1 Å². The fourth-order valence-corrected chi connectivity index (χ4v) is 5.11. The first-order valence-corrected chi connectivity index (χ1v) is 11.1. The number of carbonyl (C=O) groups excluding carboxylic acids is 1. The maximum Gasteiger partial charge on any atom is 0.243 e. The number of likely N-dealkylation sites (N-methyl/N-ethyl adjacent to an activating group) is 1. The zero-order chi connectivity index (χ0) is 20.3. The Labute approximate surface area is 165 Å². The molecular weight excluding hydrogens is 380 g/mol. The molecule has 1 aromatic heterocycles. The second kappa shape index (κ2) is 8.54. The Bertz CT molecular complexity index is 940. The number of carbonyl (C=O) groups is 1. The van der Waals surface area contributed by atoms with Gasteiger partial charge < -0.3 is 10.2 Å². The Morgan fingerprint density at radius 2 is 2.14 bits per heavy atom. The van der Waals surface area contributed by atoms with E-state index in [2.05, 4.69) is 15.6 Å². The molecule has 2 heterocycles. The Kier molecular flexibility index (Phi) is 6.31. The van der Waals surface area contributed by atoms with Crippen LogP contribution in [-0.4, -0.2) is 78.3 Å². The molecule has 1 aromatic carbocycles. The van der Waals surface area contributed by atoms with Gasteiger partial charge in [0.15, 0.2) is 0 Å². The molecule has 1 unspecified atom stereocenters. The fraction of sp³-hybridized carbons (Fsp3) is 0.611. The van der Waals surface area contributed by atoms with Gasteiger partial charge in [-0.3, -0.25) is 4.79 Å². The molecule has 1 fully saturated rings. The van der Waals surface area contributed by atoms with Crippen molar-refractivity contribution >= 4 is 27.0 Å². The van der Waals surface area contributed by atoms with Crippen LogP contribution in [0.3, 0.4) is 0 Å². The molecule has 2 aromatic rings. The van der Waals surface area contributed by atoms with Gasteiger partial charge in [0.05, 0.1) is 10.4 Å². The van der Waals surface area contributed by atoms with Crippen LogP contribution in [0.1, 0.15) is 26.2 Å². The zero-order valence-corrected chi connectivity index (χ0v) is 17.4. The zero-order valence-electron chi connectivity index (χ0n) is 16.6. The third kappa shape index (κ3) is 4.18. The molecular formula is C18H28N6O3S. The van der Waals surface area contributed by atoms with E-state index in [0.29, 0.717) is 38.0 Å². The summed E-state index contributed by atoms with van der Waals surface area (Å²) < 4.78 is 29.5. The van der Waals surface area contributed by atoms with E-state index in [1.54, 1.807) is 22.9 Å². The maximum atomic E-state index is 13.2. The summed E-state index contributed by atoms with van der Waals surface area (Å²) in [7, 11) is 0.0602. The minimum Gasteiger partial charge on any atom is -0.353 e. The number of amides is 1. The lowest BCUT2D eigenvalue weighted by Crippen LogP contribution is -2.47. The summed E-state index contributed by atoms with van der Waals surface area (Å²) in [6, 6.07) is 4.19. The van der Waals surface area contributed by atoms with Crippen LogP contribution >= 0.6 is 0 Å². The van der Waals surface area contributed by atoms with Gasteiger partial charge in [-0.15, -0.1) is 5.10 Å². The van der Waals surface area contributed by atoms with Crippen molar-refractivity contribution in [3.63, 3.8) is 0 Å². The highest BCUT2D eigenvalue weighted by atomic mass is 32.2. The van der Waals surface area contributed by atoms with Crippen molar-refractivity contribution in [3.8, 4) is 0 Å². The number of hydrogen-bond donors (Lipinski definition) is 1. The minimum atomic E-state index is -3.78. The van der Waals surface area contributed by atoms with Gasteiger partial charge in [0, 0.05) is 26.2 Å². The summed E-state index contributed by atoms with van der Waals surface area (Å²) in [5, 5.41) is 11.0. The van der Waals surface area contributed by atoms with E-state index in [0.717, 1.165) is 18.5 Å². The van der Waals surface area contributed by atoms with E-state index in [1.165, 1.54) is 4.31 Å². The van der Waals surface area contributed by atoms with Crippen molar-refractivity contribution in [2.75, 3.05) is 33.7 Å². The third-order valence-corrected chi connectivity index (χ3v) is 6.80. The molecule has 1 saturated heterocycles. The molecule has 0 saturated carbocycles. The van der Waals surface area contributed by atoms with Crippen LogP contribution in [0.25, 0.3) is 11.0 Å². The lowest BCUT2D eigenvalue weighted by molar-refractivity contribution is -0.124. The van der Waals surface area contributed by atoms with Gasteiger partial charge in [-0.05, 0) is 51.6 Å². The lowest BCUT2D eigenvalue weighted by atomic mass is 10.2. The second-order valence-corrected chi connectivity index (χ2v) is 9.22. The van der Waals surface area contributed by atoms with Gasteiger partial charge in [0.25, 0.3) is 0 Å². The third-order valence-electron chi connectivity index (χ3n) is 4.89. The molecule has 3 rings (SSSR count). The number of aryl methyl sites for hydroxylation is 1. The molecule has 154 valence electrons. The lowest BCUT2D eigenvalue weighted by Gasteiger charge is -2.23. The molecule has 9 nitrogen and oxygen atoms in total. The van der Waals surface area contributed by atoms with Crippen molar-refractivity contribution in [1.29, 1.82) is 0 Å². The number of hydrogen-bond acceptors (Lipinski definition) is 6. The average Bonchev–Trinajstić information content (AvgIpc) is 3.29. The molecule has 0 bridgehead atoms. The summed E-state index contributed by atoms with van der Waals surface area (Å²) in [4.78, 5) is 14.7. The highest BCUT2D eigenvalue weighted by molar-refractivity contribution is 7.89. The van der Waals surface area contributed by atoms with Gasteiger partial charge in [0.1, 0.15) is 11.6 Å². The SMILES string of the molecule is CCCn1nnc2cc(S(=O)(=O)N3CCCC3C(=O)NCCN(C)C)ccc21. The number of aromatic nitrogens is 3. The van der Waals surface area contributed by atoms with E-state index < -0.39 is 16.1 Å². The number of sulfonamides is 1. The summed E-state index contributed by atoms with van der Waals surface area (Å²) in [5.41, 5.74) is 1.35. The van der Waals surface area contributed by atoms with Crippen molar-refractivity contribution in [1.82, 2.24) is 29.5 Å². The summed E-state index contributed by atoms with van der Waals surface area (Å²) in [6.07, 6.45) is 2.11. The number of rotatable bonds is 8. The second-order valence-electron chi connectivity index (χ2n) is 7.33. The topological polar surface area (TPSA) is 100 Å². The average molecular weight is 409 g/mol. The van der Waals surface area contributed by atoms with Crippen LogP contribution < -0.4 is 5.32 Å². The van der Waals surface area contributed by atoms with E-state index in [1.807, 2.05) is 25.9 Å². The van der Waals surface area contributed by atoms with Gasteiger partial charge in [-0.1, -0.05) is 12.1 Å². The Hall–Kier alpha value is -2.04. The number of nitrogens with zero attached hydrogens (tertiary/aromatic N) is 5. The summed E-state index contributed by atoms with van der Waals surface area (Å²) in [6.45, 7) is 4.31. The number of fused-ring (bicyclic) bond motifs is 1.